The predicted octanol–water partition coefficient (Wildman–Crippen LogP) is 4.07. The third-order valence-corrected chi connectivity index (χ3v) is 4.77. The van der Waals surface area contributed by atoms with Crippen molar-refractivity contribution < 1.29 is 31.4 Å². The molecule has 6 nitrogen and oxygen atoms in total. The van der Waals surface area contributed by atoms with Crippen LogP contribution in [0.2, 0.25) is 0 Å². The molecule has 0 spiro atoms. The summed E-state index contributed by atoms with van der Waals surface area (Å²) in [5.41, 5.74) is 4.16. The normalized spacial score (nSPS) is 21.5. The number of hydrogen-bond donors (Lipinski definition) is 1. The summed E-state index contributed by atoms with van der Waals surface area (Å²) in [6, 6.07) is 7.77. The second kappa shape index (κ2) is 8.92. The molecule has 32 heavy (non-hydrogen) atoms. The molecule has 0 bridgehead atoms. The largest absolute Gasteiger partial charge is 0.463 e. The molecule has 0 saturated heterocycles. The van der Waals surface area contributed by atoms with Gasteiger partial charge >= 0.3 is 6.18 Å². The average Bonchev–Trinajstić information content (AvgIpc) is 2.73. The molecule has 0 radical (unpaired) electrons. The number of aromatic nitrogens is 1. The highest BCUT2D eigenvalue weighted by Gasteiger charge is 2.44. The second-order valence-electron chi connectivity index (χ2n) is 7.10. The Balaban J connectivity index is 1.98. The Labute approximate surface area is 179 Å². The van der Waals surface area contributed by atoms with E-state index in [9.17, 15) is 22.0 Å². The van der Waals surface area contributed by atoms with E-state index < -0.39 is 36.1 Å². The lowest BCUT2D eigenvalue weighted by Crippen LogP contribution is -2.48. The lowest BCUT2D eigenvalue weighted by Gasteiger charge is -2.38. The first-order valence-corrected chi connectivity index (χ1v) is 9.22. The summed E-state index contributed by atoms with van der Waals surface area (Å²) >= 11 is 0. The average molecular weight is 452 g/mol. The van der Waals surface area contributed by atoms with Crippen LogP contribution >= 0.6 is 0 Å². The molecule has 3 rings (SSSR count). The maximum absolute atomic E-state index is 14.7. The summed E-state index contributed by atoms with van der Waals surface area (Å²) in [4.78, 5) is 7.84. The molecule has 1 aromatic carbocycles. The molecule has 0 amide bonds. The van der Waals surface area contributed by atoms with Crippen molar-refractivity contribution in [1.29, 1.82) is 5.26 Å². The van der Waals surface area contributed by atoms with Gasteiger partial charge in [0.15, 0.2) is 0 Å². The Hall–Kier alpha value is -3.52. The summed E-state index contributed by atoms with van der Waals surface area (Å²) in [6.07, 6.45) is -3.66. The van der Waals surface area contributed by atoms with Crippen LogP contribution in [0.15, 0.2) is 41.5 Å². The van der Waals surface area contributed by atoms with E-state index >= 15 is 0 Å². The highest BCUT2D eigenvalue weighted by atomic mass is 19.4. The molecule has 2 atom stereocenters. The van der Waals surface area contributed by atoms with Crippen molar-refractivity contribution in [2.75, 3.05) is 13.2 Å². The smallest absolute Gasteiger partial charge is 0.411 e. The van der Waals surface area contributed by atoms with E-state index in [0.29, 0.717) is 0 Å². The Kier molecular flexibility index (Phi) is 6.45. The molecule has 1 aromatic heterocycles. The summed E-state index contributed by atoms with van der Waals surface area (Å²) in [5.74, 6) is -1.56. The van der Waals surface area contributed by atoms with E-state index in [1.54, 1.807) is 0 Å². The molecular formula is C21H17F5N4O2. The predicted molar refractivity (Wildman–Crippen MR) is 105 cm³/mol. The Morgan fingerprint density at radius 2 is 2.12 bits per heavy atom. The van der Waals surface area contributed by atoms with Crippen molar-refractivity contribution in [3.63, 3.8) is 0 Å². The van der Waals surface area contributed by atoms with Gasteiger partial charge < -0.3 is 15.2 Å². The van der Waals surface area contributed by atoms with Gasteiger partial charge in [-0.25, -0.2) is 13.8 Å². The Bertz CT molecular complexity index is 1090. The molecule has 0 unspecified atom stereocenters. The van der Waals surface area contributed by atoms with E-state index in [1.165, 1.54) is 37.4 Å². The fraction of sp³-hybridized carbons (Fsp3) is 0.286. The van der Waals surface area contributed by atoms with Crippen molar-refractivity contribution in [2.45, 2.75) is 24.7 Å². The summed E-state index contributed by atoms with van der Waals surface area (Å²) < 4.78 is 77.3. The summed E-state index contributed by atoms with van der Waals surface area (Å²) in [6.45, 7) is -0.620. The monoisotopic (exact) mass is 452 g/mol. The molecule has 0 aliphatic carbocycles. The quantitative estimate of drug-likeness (QED) is 0.691. The number of ether oxygens (including phenoxy) is 2. The molecule has 0 fully saturated rings. The second-order valence-corrected chi connectivity index (χ2v) is 7.10. The fourth-order valence-corrected chi connectivity index (χ4v) is 3.14. The Morgan fingerprint density at radius 1 is 1.38 bits per heavy atom. The number of aliphatic imine (C=N–C) groups is 1. The van der Waals surface area contributed by atoms with E-state index in [1.807, 2.05) is 6.07 Å². The van der Waals surface area contributed by atoms with E-state index in [0.717, 1.165) is 12.1 Å². The number of halogens is 5. The first-order chi connectivity index (χ1) is 15.0. The third-order valence-electron chi connectivity index (χ3n) is 4.77. The molecular weight excluding hydrogens is 435 g/mol. The van der Waals surface area contributed by atoms with Gasteiger partial charge in [0.1, 0.15) is 42.6 Å². The highest BCUT2D eigenvalue weighted by molar-refractivity contribution is 5.76. The van der Waals surface area contributed by atoms with Crippen LogP contribution in [0, 0.1) is 17.1 Å². The number of benzene rings is 1. The van der Waals surface area contributed by atoms with Crippen LogP contribution in [0.25, 0.3) is 11.9 Å². The lowest BCUT2D eigenvalue weighted by molar-refractivity contribution is -0.197. The van der Waals surface area contributed by atoms with Gasteiger partial charge in [0.2, 0.25) is 0 Å². The highest BCUT2D eigenvalue weighted by Crippen LogP contribution is 2.37. The zero-order valence-electron chi connectivity index (χ0n) is 16.7. The van der Waals surface area contributed by atoms with Crippen LogP contribution in [0.5, 0.6) is 0 Å². The topological polar surface area (TPSA) is 93.5 Å². The van der Waals surface area contributed by atoms with Gasteiger partial charge in [-0.3, -0.25) is 4.98 Å². The van der Waals surface area contributed by atoms with Gasteiger partial charge in [-0.1, -0.05) is 6.07 Å². The number of nitriles is 1. The van der Waals surface area contributed by atoms with E-state index in [-0.39, 0.29) is 35.0 Å². The van der Waals surface area contributed by atoms with E-state index in [4.69, 9.17) is 20.5 Å². The lowest BCUT2D eigenvalue weighted by atomic mass is 9.85. The number of nitrogens with two attached hydrogens (primary N) is 1. The van der Waals surface area contributed by atoms with Crippen LogP contribution in [-0.2, 0) is 15.0 Å². The zero-order chi connectivity index (χ0) is 23.5. The molecule has 2 N–H and O–H groups in total. The minimum absolute atomic E-state index is 0.0548. The van der Waals surface area contributed by atoms with Gasteiger partial charge in [0, 0.05) is 11.8 Å². The SMILES string of the molecule is C[C@]1(c2cc(/C=C(\F)c3ccc(C#N)cn3)ccc2F)N=C(N)OC[C@H]1OCC(F)(F)F. The number of alkyl halides is 3. The first kappa shape index (κ1) is 23.1. The molecule has 11 heteroatoms. The fourth-order valence-electron chi connectivity index (χ4n) is 3.14. The summed E-state index contributed by atoms with van der Waals surface area (Å²) in [5, 5.41) is 8.79. The number of pyridine rings is 1. The van der Waals surface area contributed by atoms with Crippen molar-refractivity contribution in [3.05, 3.63) is 64.7 Å². The van der Waals surface area contributed by atoms with Crippen LogP contribution in [0.4, 0.5) is 22.0 Å². The minimum Gasteiger partial charge on any atom is -0.463 e. The van der Waals surface area contributed by atoms with E-state index in [2.05, 4.69) is 9.98 Å². The maximum atomic E-state index is 14.7. The molecule has 2 aromatic rings. The van der Waals surface area contributed by atoms with Crippen LogP contribution in [0.3, 0.4) is 0 Å². The number of nitrogens with zero attached hydrogens (tertiary/aromatic N) is 3. The van der Waals surface area contributed by atoms with Crippen LogP contribution in [0.1, 0.15) is 29.3 Å². The zero-order valence-corrected chi connectivity index (χ0v) is 16.7. The van der Waals surface area contributed by atoms with Gasteiger partial charge in [0.25, 0.3) is 6.02 Å². The van der Waals surface area contributed by atoms with Gasteiger partial charge in [-0.2, -0.15) is 18.4 Å². The van der Waals surface area contributed by atoms with Crippen LogP contribution in [-0.4, -0.2) is 36.5 Å². The molecule has 168 valence electrons. The molecule has 1 aliphatic heterocycles. The number of rotatable bonds is 5. The van der Waals surface area contributed by atoms with Crippen molar-refractivity contribution in [2.24, 2.45) is 10.7 Å². The standard InChI is InChI=1S/C21H17F5N4O2/c1-20(18(10-31-19(28)30-20)32-11-21(24,25)26)14-6-12(2-4-15(14)22)7-16(23)17-5-3-13(8-27)9-29-17/h2-7,9,18H,10-11H2,1H3,(H2,28,30)/b16-7-/t18-,20-/m1/s1. The van der Waals surface area contributed by atoms with Crippen molar-refractivity contribution >= 4 is 17.9 Å². The molecule has 0 saturated carbocycles. The number of hydrogen-bond acceptors (Lipinski definition) is 6. The summed E-state index contributed by atoms with van der Waals surface area (Å²) in [7, 11) is 0. The molecule has 2 heterocycles. The molecule has 1 aliphatic rings. The van der Waals surface area contributed by atoms with Crippen LogP contribution < -0.4 is 5.73 Å². The van der Waals surface area contributed by atoms with Gasteiger partial charge in [-0.05, 0) is 42.8 Å². The maximum Gasteiger partial charge on any atom is 0.411 e. The van der Waals surface area contributed by atoms with Crippen molar-refractivity contribution in [1.82, 2.24) is 4.98 Å². The van der Waals surface area contributed by atoms with Crippen molar-refractivity contribution in [3.8, 4) is 6.07 Å². The third kappa shape index (κ3) is 5.20. The van der Waals surface area contributed by atoms with Gasteiger partial charge in [0.05, 0.1) is 11.3 Å². The van der Waals surface area contributed by atoms with Gasteiger partial charge in [-0.15, -0.1) is 0 Å². The number of amidine groups is 1. The minimum atomic E-state index is -4.62. The Morgan fingerprint density at radius 3 is 2.75 bits per heavy atom. The first-order valence-electron chi connectivity index (χ1n) is 9.22.